The van der Waals surface area contributed by atoms with Crippen molar-refractivity contribution in [3.05, 3.63) is 39.9 Å². The molecule has 0 radical (unpaired) electrons. The number of ether oxygens (including phenoxy) is 1. The van der Waals surface area contributed by atoms with Crippen LogP contribution in [0.5, 0.6) is 0 Å². The molecule has 1 aliphatic rings. The molecule has 1 aliphatic heterocycles. The van der Waals surface area contributed by atoms with Crippen LogP contribution in [0.4, 0.5) is 10.5 Å². The molecule has 1 heterocycles. The van der Waals surface area contributed by atoms with Crippen LogP contribution in [0.1, 0.15) is 12.5 Å². The first-order chi connectivity index (χ1) is 12.5. The summed E-state index contributed by atoms with van der Waals surface area (Å²) in [6.45, 7) is 1.92. The fourth-order valence-electron chi connectivity index (χ4n) is 2.33. The fraction of sp³-hybridized carbons (Fsp3) is 0.467. The second kappa shape index (κ2) is 8.13. The molecule has 148 valence electrons. The molecule has 0 aromatic heterocycles. The molecular weight excluding hydrogens is 396 g/mol. The molecular formula is C15H20N4O6S2. The van der Waals surface area contributed by atoms with Crippen LogP contribution in [0, 0.1) is 16.0 Å². The Morgan fingerprint density at radius 2 is 2.04 bits per heavy atom. The third-order valence-corrected chi connectivity index (χ3v) is 5.74. The van der Waals surface area contributed by atoms with E-state index in [9.17, 15) is 23.3 Å². The van der Waals surface area contributed by atoms with Gasteiger partial charge in [0.15, 0.2) is 0 Å². The zero-order valence-corrected chi connectivity index (χ0v) is 16.7. The van der Waals surface area contributed by atoms with Gasteiger partial charge in [-0.15, -0.1) is 5.10 Å². The first kappa shape index (κ1) is 21.0. The smallest absolute Gasteiger partial charge is 0.415 e. The van der Waals surface area contributed by atoms with Crippen LogP contribution in [-0.4, -0.2) is 59.7 Å². The van der Waals surface area contributed by atoms with Gasteiger partial charge in [0.05, 0.1) is 11.2 Å². The fourth-order valence-corrected chi connectivity index (χ4v) is 2.85. The molecule has 0 aliphatic carbocycles. The third-order valence-electron chi connectivity index (χ3n) is 4.08. The van der Waals surface area contributed by atoms with Crippen LogP contribution in [0.3, 0.4) is 0 Å². The predicted octanol–water partition coefficient (Wildman–Crippen LogP) is 1.69. The van der Waals surface area contributed by atoms with Crippen LogP contribution in [0.25, 0.3) is 0 Å². The quantitative estimate of drug-likeness (QED) is 0.443. The molecule has 0 bridgehead atoms. The van der Waals surface area contributed by atoms with Gasteiger partial charge in [0, 0.05) is 36.9 Å². The summed E-state index contributed by atoms with van der Waals surface area (Å²) in [6.07, 6.45) is 0.309. The summed E-state index contributed by atoms with van der Waals surface area (Å²) in [5.41, 5.74) is 0.518. The van der Waals surface area contributed by atoms with Crippen molar-refractivity contribution in [2.75, 3.05) is 19.8 Å². The lowest BCUT2D eigenvalue weighted by Crippen LogP contribution is -2.36. The van der Waals surface area contributed by atoms with E-state index in [1.807, 2.05) is 0 Å². The van der Waals surface area contributed by atoms with E-state index in [2.05, 4.69) is 17.7 Å². The van der Waals surface area contributed by atoms with Crippen molar-refractivity contribution < 1.29 is 22.9 Å². The third kappa shape index (κ3) is 5.10. The van der Waals surface area contributed by atoms with Gasteiger partial charge in [0.2, 0.25) is 10.0 Å². The Morgan fingerprint density at radius 3 is 2.56 bits per heavy atom. The van der Waals surface area contributed by atoms with Crippen molar-refractivity contribution in [1.29, 1.82) is 0 Å². The minimum Gasteiger partial charge on any atom is -0.444 e. The molecule has 2 rings (SSSR count). The van der Waals surface area contributed by atoms with E-state index in [0.717, 1.165) is 10.7 Å². The zero-order chi connectivity index (χ0) is 20.4. The number of amidine groups is 1. The molecule has 0 N–H and O–H groups in total. The molecule has 1 aromatic rings. The van der Waals surface area contributed by atoms with E-state index in [1.165, 1.54) is 36.2 Å². The number of hydrazone groups is 1. The molecule has 27 heavy (non-hydrogen) atoms. The van der Waals surface area contributed by atoms with Crippen LogP contribution >= 0.6 is 12.6 Å². The topological polar surface area (TPSA) is 122 Å². The average Bonchev–Trinajstić information content (AvgIpc) is 2.87. The lowest BCUT2D eigenvalue weighted by Gasteiger charge is -2.20. The Hall–Kier alpha value is -2.34. The van der Waals surface area contributed by atoms with Gasteiger partial charge in [-0.25, -0.2) is 13.2 Å². The van der Waals surface area contributed by atoms with E-state index in [-0.39, 0.29) is 35.8 Å². The van der Waals surface area contributed by atoms with Crippen molar-refractivity contribution in [2.24, 2.45) is 11.0 Å². The molecule has 1 fully saturated rings. The number of rotatable bonds is 5. The molecule has 10 nitrogen and oxygen atoms in total. The maximum atomic E-state index is 12.4. The van der Waals surface area contributed by atoms with E-state index in [4.69, 9.17) is 4.74 Å². The molecule has 1 amide bonds. The Bertz CT molecular complexity index is 856. The van der Waals surface area contributed by atoms with Gasteiger partial charge in [-0.1, -0.05) is 6.92 Å². The SMILES string of the molecule is CC1C(=NN(C)S(C)(=O)=O)N(C(=O)OCc2ccc([N+](=O)[O-])cc2)C[C@H]1S. The summed E-state index contributed by atoms with van der Waals surface area (Å²) in [6, 6.07) is 5.62. The van der Waals surface area contributed by atoms with Crippen molar-refractivity contribution in [2.45, 2.75) is 18.8 Å². The van der Waals surface area contributed by atoms with Crippen LogP contribution in [-0.2, 0) is 21.4 Å². The van der Waals surface area contributed by atoms with E-state index in [1.54, 1.807) is 6.92 Å². The molecule has 2 atom stereocenters. The van der Waals surface area contributed by atoms with Gasteiger partial charge in [0.1, 0.15) is 12.4 Å². The number of carbonyl (C=O) groups is 1. The number of non-ortho nitro benzene ring substituents is 1. The molecule has 0 saturated carbocycles. The Kier molecular flexibility index (Phi) is 6.31. The summed E-state index contributed by atoms with van der Waals surface area (Å²) < 4.78 is 29.2. The van der Waals surface area contributed by atoms with Gasteiger partial charge in [0.25, 0.3) is 5.69 Å². The Labute approximate surface area is 162 Å². The number of hydrogen-bond acceptors (Lipinski definition) is 8. The Balaban J connectivity index is 2.11. The van der Waals surface area contributed by atoms with Crippen LogP contribution < -0.4 is 0 Å². The van der Waals surface area contributed by atoms with Crippen molar-refractivity contribution in [3.8, 4) is 0 Å². The predicted molar refractivity (Wildman–Crippen MR) is 102 cm³/mol. The molecule has 12 heteroatoms. The maximum absolute atomic E-state index is 12.4. The highest BCUT2D eigenvalue weighted by Gasteiger charge is 2.38. The van der Waals surface area contributed by atoms with E-state index >= 15 is 0 Å². The number of carbonyl (C=O) groups excluding carboxylic acids is 1. The van der Waals surface area contributed by atoms with Gasteiger partial charge in [-0.05, 0) is 17.7 Å². The number of amides is 1. The number of benzene rings is 1. The molecule has 1 saturated heterocycles. The maximum Gasteiger partial charge on any atom is 0.415 e. The minimum absolute atomic E-state index is 0.0606. The lowest BCUT2D eigenvalue weighted by atomic mass is 10.1. The lowest BCUT2D eigenvalue weighted by molar-refractivity contribution is -0.384. The standard InChI is InChI=1S/C15H20N4O6S2/c1-10-13(26)8-18(14(10)16-17(2)27(3,23)24)15(20)25-9-11-4-6-12(7-5-11)19(21)22/h4-7,10,13,26H,8-9H2,1-3H3/t10?,13-/m1/s1. The van der Waals surface area contributed by atoms with Crippen molar-refractivity contribution >= 4 is 40.3 Å². The highest BCUT2D eigenvalue weighted by atomic mass is 32.2. The second-order valence-corrected chi connectivity index (χ2v) is 8.76. The molecule has 1 unspecified atom stereocenters. The van der Waals surface area contributed by atoms with Gasteiger partial charge >= 0.3 is 6.09 Å². The number of nitrogens with zero attached hydrogens (tertiary/aromatic N) is 4. The number of hydrogen-bond donors (Lipinski definition) is 1. The summed E-state index contributed by atoms with van der Waals surface area (Å²) in [4.78, 5) is 23.8. The number of nitro benzene ring substituents is 1. The van der Waals surface area contributed by atoms with Crippen molar-refractivity contribution in [3.63, 3.8) is 0 Å². The highest BCUT2D eigenvalue weighted by Crippen LogP contribution is 2.25. The van der Waals surface area contributed by atoms with Gasteiger partial charge in [-0.2, -0.15) is 17.0 Å². The number of sulfonamides is 1. The van der Waals surface area contributed by atoms with Crippen LogP contribution in [0.2, 0.25) is 0 Å². The molecule has 1 aromatic carbocycles. The zero-order valence-electron chi connectivity index (χ0n) is 15.0. The van der Waals surface area contributed by atoms with Gasteiger partial charge in [-0.3, -0.25) is 15.0 Å². The second-order valence-electron chi connectivity index (χ2n) is 6.10. The average molecular weight is 416 g/mol. The van der Waals surface area contributed by atoms with E-state index < -0.39 is 21.0 Å². The number of thiol groups is 1. The monoisotopic (exact) mass is 416 g/mol. The first-order valence-electron chi connectivity index (χ1n) is 7.88. The summed E-state index contributed by atoms with van der Waals surface area (Å²) in [5.74, 6) is -0.0129. The van der Waals surface area contributed by atoms with Crippen LogP contribution in [0.15, 0.2) is 29.4 Å². The largest absolute Gasteiger partial charge is 0.444 e. The normalized spacial score (nSPS) is 21.3. The van der Waals surface area contributed by atoms with E-state index in [0.29, 0.717) is 5.56 Å². The molecule has 0 spiro atoms. The highest BCUT2D eigenvalue weighted by molar-refractivity contribution is 7.88. The minimum atomic E-state index is -3.56. The number of nitro groups is 1. The van der Waals surface area contributed by atoms with Crippen molar-refractivity contribution in [1.82, 2.24) is 9.31 Å². The Morgan fingerprint density at radius 1 is 1.44 bits per heavy atom. The summed E-state index contributed by atoms with van der Waals surface area (Å²) >= 11 is 4.40. The summed E-state index contributed by atoms with van der Waals surface area (Å²) in [7, 11) is -2.28. The number of likely N-dealkylation sites (tertiary alicyclic amines) is 1. The summed E-state index contributed by atoms with van der Waals surface area (Å²) in [5, 5.41) is 14.5. The first-order valence-corrected chi connectivity index (χ1v) is 10.2. The van der Waals surface area contributed by atoms with Gasteiger partial charge < -0.3 is 4.74 Å².